The molecule has 8 nitrogen and oxygen atoms in total. The van der Waals surface area contributed by atoms with Gasteiger partial charge in [0.25, 0.3) is 0 Å². The molecule has 0 aromatic carbocycles. The number of anilines is 1. The van der Waals surface area contributed by atoms with Gasteiger partial charge in [-0.15, -0.1) is 0 Å². The third-order valence-electron chi connectivity index (χ3n) is 5.42. The molecular weight excluding hydrogens is 386 g/mol. The van der Waals surface area contributed by atoms with E-state index in [2.05, 4.69) is 26.3 Å². The summed E-state index contributed by atoms with van der Waals surface area (Å²) >= 11 is 1.54. The lowest BCUT2D eigenvalue weighted by molar-refractivity contribution is 0.204. The van der Waals surface area contributed by atoms with Crippen LogP contribution in [0.5, 0.6) is 5.88 Å². The quantitative estimate of drug-likeness (QED) is 0.636. The zero-order chi connectivity index (χ0) is 20.0. The van der Waals surface area contributed by atoms with E-state index in [4.69, 9.17) is 14.7 Å². The van der Waals surface area contributed by atoms with Crippen molar-refractivity contribution in [3.63, 3.8) is 0 Å². The molecule has 4 heterocycles. The van der Waals surface area contributed by atoms with Gasteiger partial charge in [-0.25, -0.2) is 9.38 Å². The Morgan fingerprint density at radius 1 is 1.28 bits per heavy atom. The van der Waals surface area contributed by atoms with Gasteiger partial charge >= 0.3 is 0 Å². The first kappa shape index (κ1) is 18.5. The van der Waals surface area contributed by atoms with Crippen LogP contribution in [-0.2, 0) is 7.05 Å². The van der Waals surface area contributed by atoms with Crippen LogP contribution in [0.25, 0.3) is 16.7 Å². The standard InChI is InChI=1S/C20H25N7OS/c1-13-10-20(2,29-25-13)24-19-22-16-8-9-27(14-11-21-26(3)12-14)17(16)18(23-19)28-15-6-4-5-7-15/h8-9,11-12,15H,4-7,10H2,1-3H3,(H,22,23,24). The number of aromatic nitrogens is 5. The van der Waals surface area contributed by atoms with E-state index in [1.165, 1.54) is 24.8 Å². The molecule has 1 atom stereocenters. The molecule has 0 spiro atoms. The van der Waals surface area contributed by atoms with E-state index in [-0.39, 0.29) is 11.0 Å². The lowest BCUT2D eigenvalue weighted by atomic mass is 10.1. The van der Waals surface area contributed by atoms with Gasteiger partial charge in [-0.3, -0.25) is 4.68 Å². The Morgan fingerprint density at radius 2 is 2.10 bits per heavy atom. The minimum atomic E-state index is -0.242. The molecule has 152 valence electrons. The number of hydrogen-bond donors (Lipinski definition) is 1. The van der Waals surface area contributed by atoms with Gasteiger partial charge in [0.15, 0.2) is 0 Å². The zero-order valence-electron chi connectivity index (χ0n) is 16.9. The molecule has 3 aromatic rings. The molecule has 1 aliphatic carbocycles. The first-order valence-electron chi connectivity index (χ1n) is 10.0. The Morgan fingerprint density at radius 3 is 2.79 bits per heavy atom. The SMILES string of the molecule is CC1=NSC(C)(Nc2nc(OC3CCCC3)c3c(ccn3-c3cnn(C)c3)n2)C1. The summed E-state index contributed by atoms with van der Waals surface area (Å²) in [4.78, 5) is 9.35. The van der Waals surface area contributed by atoms with Crippen LogP contribution < -0.4 is 10.1 Å². The van der Waals surface area contributed by atoms with Crippen molar-refractivity contribution in [1.29, 1.82) is 0 Å². The Bertz CT molecular complexity index is 1080. The average Bonchev–Trinajstić information content (AvgIpc) is 3.43. The summed E-state index contributed by atoms with van der Waals surface area (Å²) in [5, 5.41) is 7.78. The van der Waals surface area contributed by atoms with Crippen LogP contribution in [0.15, 0.2) is 29.1 Å². The fourth-order valence-corrected chi connectivity index (χ4v) is 4.93. The molecule has 1 aliphatic heterocycles. The third kappa shape index (κ3) is 3.59. The van der Waals surface area contributed by atoms with Gasteiger partial charge in [-0.05, 0) is 45.6 Å². The van der Waals surface area contributed by atoms with E-state index in [9.17, 15) is 0 Å². The minimum absolute atomic E-state index is 0.209. The molecule has 1 N–H and O–H groups in total. The number of aryl methyl sites for hydroxylation is 1. The summed E-state index contributed by atoms with van der Waals surface area (Å²) in [6, 6.07) is 2.00. The number of fused-ring (bicyclic) bond motifs is 1. The molecule has 0 saturated heterocycles. The molecule has 1 fully saturated rings. The predicted molar refractivity (Wildman–Crippen MR) is 116 cm³/mol. The van der Waals surface area contributed by atoms with E-state index < -0.39 is 0 Å². The van der Waals surface area contributed by atoms with Crippen molar-refractivity contribution < 1.29 is 4.74 Å². The fraction of sp³-hybridized carbons (Fsp3) is 0.500. The Hall–Kier alpha value is -2.55. The molecule has 9 heteroatoms. The molecule has 0 radical (unpaired) electrons. The van der Waals surface area contributed by atoms with Crippen LogP contribution in [0, 0.1) is 0 Å². The fourth-order valence-electron chi connectivity index (χ4n) is 4.10. The van der Waals surface area contributed by atoms with Gasteiger partial charge in [0.1, 0.15) is 16.5 Å². The summed E-state index contributed by atoms with van der Waals surface area (Å²) in [5.41, 5.74) is 3.82. The van der Waals surface area contributed by atoms with Crippen LogP contribution in [0.4, 0.5) is 5.95 Å². The van der Waals surface area contributed by atoms with Crippen LogP contribution in [0.2, 0.25) is 0 Å². The largest absolute Gasteiger partial charge is 0.473 e. The summed E-state index contributed by atoms with van der Waals surface area (Å²) in [6.07, 6.45) is 11.4. The highest BCUT2D eigenvalue weighted by Gasteiger charge is 2.32. The molecule has 5 rings (SSSR count). The second-order valence-corrected chi connectivity index (χ2v) is 9.39. The summed E-state index contributed by atoms with van der Waals surface area (Å²) in [5.74, 6) is 1.21. The van der Waals surface area contributed by atoms with Crippen LogP contribution in [-0.4, -0.2) is 41.0 Å². The smallest absolute Gasteiger partial charge is 0.244 e. The first-order chi connectivity index (χ1) is 14.0. The Balaban J connectivity index is 1.56. The van der Waals surface area contributed by atoms with E-state index >= 15 is 0 Å². The highest BCUT2D eigenvalue weighted by Crippen LogP contribution is 2.38. The van der Waals surface area contributed by atoms with Gasteiger partial charge in [0, 0.05) is 43.5 Å². The molecular formula is C20H25N7OS. The molecule has 0 bridgehead atoms. The summed E-state index contributed by atoms with van der Waals surface area (Å²) < 4.78 is 14.7. The van der Waals surface area contributed by atoms with Crippen molar-refractivity contribution in [2.24, 2.45) is 11.4 Å². The highest BCUT2D eigenvalue weighted by atomic mass is 32.2. The second kappa shape index (κ2) is 7.05. The van der Waals surface area contributed by atoms with E-state index in [0.717, 1.165) is 41.7 Å². The maximum Gasteiger partial charge on any atom is 0.244 e. The van der Waals surface area contributed by atoms with E-state index in [1.54, 1.807) is 4.68 Å². The van der Waals surface area contributed by atoms with Gasteiger partial charge in [-0.1, -0.05) is 0 Å². The van der Waals surface area contributed by atoms with Crippen LogP contribution in [0.1, 0.15) is 46.0 Å². The predicted octanol–water partition coefficient (Wildman–Crippen LogP) is 4.12. The number of nitrogens with zero attached hydrogens (tertiary/aromatic N) is 6. The van der Waals surface area contributed by atoms with Gasteiger partial charge in [0.2, 0.25) is 11.8 Å². The first-order valence-corrected chi connectivity index (χ1v) is 10.8. The zero-order valence-corrected chi connectivity index (χ0v) is 17.7. The monoisotopic (exact) mass is 411 g/mol. The topological polar surface area (TPSA) is 82.2 Å². The van der Waals surface area contributed by atoms with Crippen molar-refractivity contribution in [2.75, 3.05) is 5.32 Å². The Kier molecular flexibility index (Phi) is 4.49. The molecule has 1 saturated carbocycles. The van der Waals surface area contributed by atoms with Crippen LogP contribution >= 0.6 is 11.9 Å². The van der Waals surface area contributed by atoms with Crippen molar-refractivity contribution in [2.45, 2.75) is 56.9 Å². The lowest BCUT2D eigenvalue weighted by Gasteiger charge is -2.23. The van der Waals surface area contributed by atoms with Crippen molar-refractivity contribution in [3.05, 3.63) is 24.7 Å². The number of rotatable bonds is 5. The van der Waals surface area contributed by atoms with Crippen molar-refractivity contribution in [1.82, 2.24) is 24.3 Å². The molecule has 29 heavy (non-hydrogen) atoms. The van der Waals surface area contributed by atoms with Gasteiger partial charge in [0.05, 0.1) is 17.4 Å². The van der Waals surface area contributed by atoms with Gasteiger partial charge < -0.3 is 14.6 Å². The minimum Gasteiger partial charge on any atom is -0.473 e. The second-order valence-electron chi connectivity index (χ2n) is 8.12. The number of ether oxygens (including phenoxy) is 1. The number of hydrogen-bond acceptors (Lipinski definition) is 7. The molecule has 3 aromatic heterocycles. The Labute approximate surface area is 173 Å². The third-order valence-corrected chi connectivity index (χ3v) is 6.48. The van der Waals surface area contributed by atoms with Gasteiger partial charge in [-0.2, -0.15) is 10.1 Å². The van der Waals surface area contributed by atoms with Crippen molar-refractivity contribution >= 4 is 34.6 Å². The summed E-state index contributed by atoms with van der Waals surface area (Å²) in [7, 11) is 1.91. The summed E-state index contributed by atoms with van der Waals surface area (Å²) in [6.45, 7) is 4.18. The molecule has 0 amide bonds. The maximum atomic E-state index is 6.40. The van der Waals surface area contributed by atoms with Crippen molar-refractivity contribution in [3.8, 4) is 11.6 Å². The highest BCUT2D eigenvalue weighted by molar-refractivity contribution is 8.00. The normalized spacial score (nSPS) is 22.4. The van der Waals surface area contributed by atoms with Crippen LogP contribution in [0.3, 0.4) is 0 Å². The lowest BCUT2D eigenvalue weighted by Crippen LogP contribution is -2.30. The number of nitrogens with one attached hydrogen (secondary N) is 1. The molecule has 2 aliphatic rings. The molecule has 1 unspecified atom stereocenters. The van der Waals surface area contributed by atoms with E-state index in [1.807, 2.05) is 38.6 Å². The van der Waals surface area contributed by atoms with E-state index in [0.29, 0.717) is 11.8 Å². The maximum absolute atomic E-state index is 6.40. The average molecular weight is 412 g/mol.